The number of nitrogens with one attached hydrogen (secondary N) is 1. The molecule has 1 atom stereocenters. The summed E-state index contributed by atoms with van der Waals surface area (Å²) in [5, 5.41) is 15.8. The Hall–Kier alpha value is -2.14. The summed E-state index contributed by atoms with van der Waals surface area (Å²) < 4.78 is 0.846. The van der Waals surface area contributed by atoms with Crippen LogP contribution in [0.5, 0.6) is 0 Å². The molecule has 0 radical (unpaired) electrons. The van der Waals surface area contributed by atoms with Crippen molar-refractivity contribution in [2.75, 3.05) is 5.75 Å². The maximum absolute atomic E-state index is 12.6. The highest BCUT2D eigenvalue weighted by atomic mass is 79.9. The molecule has 0 aliphatic carbocycles. The molecule has 1 aliphatic rings. The largest absolute Gasteiger partial charge is 0.353 e. The van der Waals surface area contributed by atoms with Crippen molar-refractivity contribution in [3.05, 3.63) is 78.1 Å². The van der Waals surface area contributed by atoms with Crippen LogP contribution in [0.3, 0.4) is 0 Å². The van der Waals surface area contributed by atoms with Crippen LogP contribution in [0.25, 0.3) is 0 Å². The summed E-state index contributed by atoms with van der Waals surface area (Å²) in [5.41, 5.74) is 3.49. The van der Waals surface area contributed by atoms with Gasteiger partial charge < -0.3 is 5.32 Å². The molecule has 0 fully saturated rings. The number of thioether (sulfide) groups is 1. The van der Waals surface area contributed by atoms with E-state index in [0.717, 1.165) is 20.6 Å². The van der Waals surface area contributed by atoms with E-state index in [2.05, 4.69) is 27.3 Å². The van der Waals surface area contributed by atoms with Gasteiger partial charge in [-0.2, -0.15) is 5.26 Å². The van der Waals surface area contributed by atoms with Crippen LogP contribution in [-0.2, 0) is 4.79 Å². The molecule has 1 aromatic carbocycles. The van der Waals surface area contributed by atoms with E-state index in [1.165, 1.54) is 18.7 Å². The van der Waals surface area contributed by atoms with Gasteiger partial charge in [0, 0.05) is 26.2 Å². The zero-order chi connectivity index (χ0) is 21.1. The lowest BCUT2D eigenvalue weighted by molar-refractivity contribution is -0.113. The number of benzene rings is 1. The monoisotopic (exact) mass is 486 g/mol. The Morgan fingerprint density at radius 1 is 1.31 bits per heavy atom. The number of halogens is 1. The van der Waals surface area contributed by atoms with Gasteiger partial charge in [0.25, 0.3) is 0 Å². The van der Waals surface area contributed by atoms with Gasteiger partial charge in [-0.1, -0.05) is 39.8 Å². The number of ketones is 2. The van der Waals surface area contributed by atoms with Crippen LogP contribution in [0.1, 0.15) is 40.6 Å². The zero-order valence-electron chi connectivity index (χ0n) is 16.2. The minimum absolute atomic E-state index is 0.0225. The number of allylic oxidation sites excluding steroid dienone is 3. The Balaban J connectivity index is 1.95. The number of carbonyl (C=O) groups excluding carboxylic acids is 2. The molecule has 2 aromatic rings. The van der Waals surface area contributed by atoms with Crippen molar-refractivity contribution in [2.45, 2.75) is 26.7 Å². The van der Waals surface area contributed by atoms with Gasteiger partial charge >= 0.3 is 0 Å². The molecule has 2 heterocycles. The van der Waals surface area contributed by atoms with E-state index in [0.29, 0.717) is 21.7 Å². The number of hydrogen-bond donors (Lipinski definition) is 1. The maximum atomic E-state index is 12.6. The summed E-state index contributed by atoms with van der Waals surface area (Å²) in [6.07, 6.45) is 0. The molecule has 148 valence electrons. The lowest BCUT2D eigenvalue weighted by Gasteiger charge is -2.29. The predicted octanol–water partition coefficient (Wildman–Crippen LogP) is 5.72. The first-order valence-corrected chi connectivity index (χ1v) is 11.6. The normalized spacial score (nSPS) is 16.4. The van der Waals surface area contributed by atoms with Crippen LogP contribution in [0.2, 0.25) is 0 Å². The van der Waals surface area contributed by atoms with E-state index in [-0.39, 0.29) is 17.3 Å². The van der Waals surface area contributed by atoms with Gasteiger partial charge in [0.05, 0.1) is 28.3 Å². The zero-order valence-corrected chi connectivity index (χ0v) is 19.4. The lowest BCUT2D eigenvalue weighted by Crippen LogP contribution is -2.27. The molecule has 0 amide bonds. The first-order chi connectivity index (χ1) is 13.8. The van der Waals surface area contributed by atoms with E-state index >= 15 is 0 Å². The third kappa shape index (κ3) is 4.55. The molecular formula is C22H19BrN2O2S2. The van der Waals surface area contributed by atoms with Crippen LogP contribution in [0.15, 0.2) is 62.1 Å². The molecule has 0 bridgehead atoms. The topological polar surface area (TPSA) is 70.0 Å². The molecule has 1 aliphatic heterocycles. The van der Waals surface area contributed by atoms with E-state index in [1.807, 2.05) is 37.4 Å². The number of rotatable bonds is 6. The van der Waals surface area contributed by atoms with Crippen molar-refractivity contribution in [1.82, 2.24) is 5.32 Å². The van der Waals surface area contributed by atoms with Crippen LogP contribution in [0, 0.1) is 18.3 Å². The number of hydrogen-bond acceptors (Lipinski definition) is 6. The van der Waals surface area contributed by atoms with Crippen molar-refractivity contribution in [3.8, 4) is 6.07 Å². The number of thiophene rings is 1. The quantitative estimate of drug-likeness (QED) is 0.528. The Labute approximate surface area is 186 Å². The Bertz CT molecular complexity index is 1090. The number of dihydropyridines is 1. The molecule has 7 heteroatoms. The Kier molecular flexibility index (Phi) is 6.78. The molecule has 0 spiro atoms. The van der Waals surface area contributed by atoms with Gasteiger partial charge in [0.2, 0.25) is 0 Å². The van der Waals surface area contributed by atoms with Crippen molar-refractivity contribution in [2.24, 2.45) is 0 Å². The van der Waals surface area contributed by atoms with Gasteiger partial charge in [-0.3, -0.25) is 9.59 Å². The van der Waals surface area contributed by atoms with E-state index in [9.17, 15) is 14.9 Å². The molecule has 0 unspecified atom stereocenters. The number of aryl methyl sites for hydroxylation is 1. The van der Waals surface area contributed by atoms with Crippen LogP contribution >= 0.6 is 39.0 Å². The fraction of sp³-hybridized carbons (Fsp3) is 0.227. The third-order valence-corrected chi connectivity index (χ3v) is 7.28. The fourth-order valence-corrected chi connectivity index (χ4v) is 5.75. The molecule has 29 heavy (non-hydrogen) atoms. The van der Waals surface area contributed by atoms with E-state index < -0.39 is 5.92 Å². The number of carbonyl (C=O) groups is 2. The number of nitriles is 1. The SMILES string of the molecule is CC(=O)C1=C(C)NC(SCC(=O)c2cccc(Br)c2)=C(C#N)[C@@H]1c1sccc1C. The highest BCUT2D eigenvalue weighted by Gasteiger charge is 2.34. The van der Waals surface area contributed by atoms with Gasteiger partial charge in [0.1, 0.15) is 0 Å². The van der Waals surface area contributed by atoms with Crippen molar-refractivity contribution in [3.63, 3.8) is 0 Å². The molecule has 1 N–H and O–H groups in total. The summed E-state index contributed by atoms with van der Waals surface area (Å²) in [5.74, 6) is -0.286. The Morgan fingerprint density at radius 2 is 2.07 bits per heavy atom. The summed E-state index contributed by atoms with van der Waals surface area (Å²) in [6, 6.07) is 11.5. The highest BCUT2D eigenvalue weighted by Crippen LogP contribution is 2.43. The molecule has 3 rings (SSSR count). The summed E-state index contributed by atoms with van der Waals surface area (Å²) in [6.45, 7) is 5.36. The molecular weight excluding hydrogens is 468 g/mol. The molecule has 0 saturated carbocycles. The van der Waals surface area contributed by atoms with E-state index in [4.69, 9.17) is 0 Å². The molecule has 0 saturated heterocycles. The minimum atomic E-state index is -0.401. The van der Waals surface area contributed by atoms with Gasteiger partial charge in [0.15, 0.2) is 11.6 Å². The van der Waals surface area contributed by atoms with E-state index in [1.54, 1.807) is 23.5 Å². The highest BCUT2D eigenvalue weighted by molar-refractivity contribution is 9.10. The lowest BCUT2D eigenvalue weighted by atomic mass is 9.84. The number of Topliss-reactive ketones (excluding diaryl/α,β-unsaturated/α-hetero) is 2. The van der Waals surface area contributed by atoms with Gasteiger partial charge in [-0.15, -0.1) is 11.3 Å². The van der Waals surface area contributed by atoms with Crippen LogP contribution in [0.4, 0.5) is 0 Å². The van der Waals surface area contributed by atoms with Crippen molar-refractivity contribution >= 4 is 50.6 Å². The summed E-state index contributed by atoms with van der Waals surface area (Å²) >= 11 is 6.23. The van der Waals surface area contributed by atoms with Crippen molar-refractivity contribution in [1.29, 1.82) is 5.26 Å². The fourth-order valence-electron chi connectivity index (χ4n) is 3.32. The standard InChI is InChI=1S/C22H19BrN2O2S2/c1-12-7-8-28-21(12)20-17(10-24)22(25-13(2)19(20)14(3)26)29-11-18(27)15-5-4-6-16(23)9-15/h4-9,20,25H,11H2,1-3H3/t20-/m0/s1. The summed E-state index contributed by atoms with van der Waals surface area (Å²) in [7, 11) is 0. The molecule has 1 aromatic heterocycles. The third-order valence-electron chi connectivity index (χ3n) is 4.68. The first kappa shape index (κ1) is 21.6. The second-order valence-corrected chi connectivity index (χ2v) is 9.55. The summed E-state index contributed by atoms with van der Waals surface area (Å²) in [4.78, 5) is 26.0. The second kappa shape index (κ2) is 9.12. The van der Waals surface area contributed by atoms with Gasteiger partial charge in [-0.25, -0.2) is 0 Å². The first-order valence-electron chi connectivity index (χ1n) is 8.92. The average Bonchev–Trinajstić information content (AvgIpc) is 3.10. The minimum Gasteiger partial charge on any atom is -0.353 e. The van der Waals surface area contributed by atoms with Gasteiger partial charge in [-0.05, 0) is 49.9 Å². The Morgan fingerprint density at radius 3 is 2.66 bits per heavy atom. The maximum Gasteiger partial charge on any atom is 0.173 e. The number of nitrogens with zero attached hydrogens (tertiary/aromatic N) is 1. The second-order valence-electron chi connectivity index (χ2n) is 6.70. The molecule has 4 nitrogen and oxygen atoms in total. The average molecular weight is 487 g/mol. The smallest absolute Gasteiger partial charge is 0.173 e. The van der Waals surface area contributed by atoms with Crippen LogP contribution < -0.4 is 5.32 Å². The van der Waals surface area contributed by atoms with Crippen LogP contribution in [-0.4, -0.2) is 17.3 Å². The predicted molar refractivity (Wildman–Crippen MR) is 122 cm³/mol. The van der Waals surface area contributed by atoms with Crippen molar-refractivity contribution < 1.29 is 9.59 Å².